The Morgan fingerprint density at radius 1 is 0.941 bits per heavy atom. The fourth-order valence-corrected chi connectivity index (χ4v) is 1.88. The first-order valence-corrected chi connectivity index (χ1v) is 5.17. The van der Waals surface area contributed by atoms with Gasteiger partial charge < -0.3 is 4.98 Å². The number of fused-ring (bicyclic) bond motifs is 2. The van der Waals surface area contributed by atoms with Gasteiger partial charge in [0.25, 0.3) is 5.56 Å². The van der Waals surface area contributed by atoms with Crippen LogP contribution in [0.3, 0.4) is 0 Å². The molecule has 2 aromatic heterocycles. The maximum atomic E-state index is 12.2. The summed E-state index contributed by atoms with van der Waals surface area (Å²) in [5.74, 6) is 0. The van der Waals surface area contributed by atoms with Gasteiger partial charge in [-0.05, 0) is 24.3 Å². The molecule has 17 heavy (non-hydrogen) atoms. The Morgan fingerprint density at radius 3 is 2.59 bits per heavy atom. The number of aromatic nitrogens is 2. The maximum absolute atomic E-state index is 12.2. The van der Waals surface area contributed by atoms with Crippen molar-refractivity contribution in [2.75, 3.05) is 0 Å². The van der Waals surface area contributed by atoms with Crippen molar-refractivity contribution >= 4 is 21.8 Å². The maximum Gasteiger partial charge on any atom is 0.258 e. The van der Waals surface area contributed by atoms with E-state index in [0.29, 0.717) is 16.3 Å². The van der Waals surface area contributed by atoms with E-state index < -0.39 is 0 Å². The summed E-state index contributed by atoms with van der Waals surface area (Å²) in [6, 6.07) is 10.2. The molecule has 0 bridgehead atoms. The Bertz CT molecular complexity index is 837. The van der Waals surface area contributed by atoms with Gasteiger partial charge in [-0.15, -0.1) is 0 Å². The molecular weight excluding hydrogens is 216 g/mol. The molecule has 0 atom stereocenters. The van der Waals surface area contributed by atoms with Gasteiger partial charge in [-0.2, -0.15) is 0 Å². The van der Waals surface area contributed by atoms with E-state index in [2.05, 4.69) is 9.97 Å². The number of hydrogen-bond acceptors (Lipinski definition) is 3. The van der Waals surface area contributed by atoms with Crippen LogP contribution >= 0.6 is 0 Å². The van der Waals surface area contributed by atoms with E-state index in [0.717, 1.165) is 0 Å². The first-order chi connectivity index (χ1) is 8.27. The van der Waals surface area contributed by atoms with Gasteiger partial charge in [0.05, 0.1) is 10.9 Å². The summed E-state index contributed by atoms with van der Waals surface area (Å²) in [4.78, 5) is 30.8. The number of H-pyrrole nitrogens is 1. The van der Waals surface area contributed by atoms with Crippen molar-refractivity contribution in [3.8, 4) is 0 Å². The zero-order valence-electron chi connectivity index (χ0n) is 8.81. The Hall–Kier alpha value is -2.49. The lowest BCUT2D eigenvalue weighted by Gasteiger charge is -1.88. The molecule has 3 rings (SSSR count). The number of nitrogens with one attached hydrogen (secondary N) is 1. The second kappa shape index (κ2) is 3.52. The quantitative estimate of drug-likeness (QED) is 0.628. The van der Waals surface area contributed by atoms with Crippen LogP contribution in [-0.4, -0.2) is 9.97 Å². The summed E-state index contributed by atoms with van der Waals surface area (Å²) in [5.41, 5.74) is 0.205. The minimum Gasteiger partial charge on any atom is -0.321 e. The molecule has 0 saturated heterocycles. The van der Waals surface area contributed by atoms with Crippen LogP contribution < -0.4 is 11.0 Å². The molecule has 3 aromatic rings. The van der Waals surface area contributed by atoms with Crippen LogP contribution in [0.25, 0.3) is 21.8 Å². The lowest BCUT2D eigenvalue weighted by molar-refractivity contribution is 1.34. The van der Waals surface area contributed by atoms with Crippen LogP contribution in [0.15, 0.2) is 52.2 Å². The van der Waals surface area contributed by atoms with Gasteiger partial charge in [-0.1, -0.05) is 12.1 Å². The highest BCUT2D eigenvalue weighted by atomic mass is 16.1. The third-order valence-electron chi connectivity index (χ3n) is 2.69. The number of nitrogens with zero attached hydrogens (tertiary/aromatic N) is 1. The molecule has 4 nitrogen and oxygen atoms in total. The fourth-order valence-electron chi connectivity index (χ4n) is 1.88. The first-order valence-electron chi connectivity index (χ1n) is 5.17. The van der Waals surface area contributed by atoms with Crippen LogP contribution in [0.4, 0.5) is 0 Å². The smallest absolute Gasteiger partial charge is 0.258 e. The van der Waals surface area contributed by atoms with Gasteiger partial charge in [0.2, 0.25) is 5.43 Å². The molecule has 0 spiro atoms. The number of rotatable bonds is 0. The predicted octanol–water partition coefficient (Wildman–Crippen LogP) is 1.44. The molecule has 1 aromatic carbocycles. The third-order valence-corrected chi connectivity index (χ3v) is 2.69. The predicted molar refractivity (Wildman–Crippen MR) is 66.1 cm³/mol. The van der Waals surface area contributed by atoms with E-state index in [4.69, 9.17) is 0 Å². The zero-order valence-corrected chi connectivity index (χ0v) is 8.81. The Kier molecular flexibility index (Phi) is 2.01. The minimum absolute atomic E-state index is 0.204. The standard InChI is InChI=1S/C13H8N2O2/c16-12-8-4-1-2-6-10(8)15-13(17)9-5-3-7-14-11(9)12/h1-7H,(H,15,17). The normalized spacial score (nSPS) is 10.8. The molecule has 0 aliphatic carbocycles. The number of benzene rings is 1. The number of hydrogen-bond donors (Lipinski definition) is 1. The molecule has 2 heterocycles. The fraction of sp³-hybridized carbons (Fsp3) is 0. The molecule has 0 radical (unpaired) electrons. The van der Waals surface area contributed by atoms with E-state index in [-0.39, 0.29) is 16.5 Å². The van der Waals surface area contributed by atoms with Crippen LogP contribution in [0.2, 0.25) is 0 Å². The van der Waals surface area contributed by atoms with E-state index in [9.17, 15) is 9.59 Å². The second-order valence-electron chi connectivity index (χ2n) is 3.73. The topological polar surface area (TPSA) is 62.8 Å². The van der Waals surface area contributed by atoms with Crippen molar-refractivity contribution in [2.24, 2.45) is 0 Å². The number of para-hydroxylation sites is 1. The molecular formula is C13H8N2O2. The summed E-state index contributed by atoms with van der Waals surface area (Å²) in [5, 5.41) is 0.784. The Morgan fingerprint density at radius 2 is 1.71 bits per heavy atom. The zero-order chi connectivity index (χ0) is 11.8. The van der Waals surface area contributed by atoms with Crippen molar-refractivity contribution in [3.05, 3.63) is 63.2 Å². The number of aromatic amines is 1. The molecule has 0 aliphatic heterocycles. The minimum atomic E-state index is -0.300. The Labute approximate surface area is 95.6 Å². The van der Waals surface area contributed by atoms with E-state index in [1.807, 2.05) is 0 Å². The average molecular weight is 224 g/mol. The Balaban J connectivity index is 2.79. The summed E-state index contributed by atoms with van der Waals surface area (Å²) in [6.45, 7) is 0. The summed E-state index contributed by atoms with van der Waals surface area (Å²) < 4.78 is 0. The lowest BCUT2D eigenvalue weighted by Crippen LogP contribution is -2.04. The lowest BCUT2D eigenvalue weighted by atomic mass is 10.2. The highest BCUT2D eigenvalue weighted by Crippen LogP contribution is 2.07. The van der Waals surface area contributed by atoms with Gasteiger partial charge in [0.1, 0.15) is 5.52 Å². The highest BCUT2D eigenvalue weighted by Gasteiger charge is 2.05. The van der Waals surface area contributed by atoms with Crippen molar-refractivity contribution in [1.29, 1.82) is 0 Å². The van der Waals surface area contributed by atoms with Crippen LogP contribution in [0, 0.1) is 0 Å². The molecule has 1 N–H and O–H groups in total. The molecule has 4 heteroatoms. The third kappa shape index (κ3) is 1.42. The summed E-state index contributed by atoms with van der Waals surface area (Å²) >= 11 is 0. The second-order valence-corrected chi connectivity index (χ2v) is 3.73. The monoisotopic (exact) mass is 224 g/mol. The SMILES string of the molecule is O=c1[nH]c2ccccc2c(=O)c2ncccc12. The van der Waals surface area contributed by atoms with E-state index in [1.165, 1.54) is 6.20 Å². The van der Waals surface area contributed by atoms with Crippen molar-refractivity contribution in [1.82, 2.24) is 9.97 Å². The highest BCUT2D eigenvalue weighted by molar-refractivity contribution is 5.87. The van der Waals surface area contributed by atoms with Gasteiger partial charge in [0, 0.05) is 11.6 Å². The average Bonchev–Trinajstić information content (AvgIpc) is 2.48. The molecule has 82 valence electrons. The molecule has 0 aliphatic rings. The summed E-state index contributed by atoms with van der Waals surface area (Å²) in [6.07, 6.45) is 1.51. The van der Waals surface area contributed by atoms with Gasteiger partial charge >= 0.3 is 0 Å². The van der Waals surface area contributed by atoms with E-state index >= 15 is 0 Å². The van der Waals surface area contributed by atoms with Crippen LogP contribution in [0.5, 0.6) is 0 Å². The van der Waals surface area contributed by atoms with Crippen LogP contribution in [0.1, 0.15) is 0 Å². The van der Waals surface area contributed by atoms with Gasteiger partial charge in [-0.3, -0.25) is 14.6 Å². The van der Waals surface area contributed by atoms with E-state index in [1.54, 1.807) is 36.4 Å². The molecule has 0 fully saturated rings. The molecule has 0 saturated carbocycles. The van der Waals surface area contributed by atoms with Gasteiger partial charge in [0.15, 0.2) is 0 Å². The van der Waals surface area contributed by atoms with Crippen molar-refractivity contribution < 1.29 is 0 Å². The number of pyridine rings is 1. The molecule has 0 amide bonds. The van der Waals surface area contributed by atoms with Crippen LogP contribution in [-0.2, 0) is 0 Å². The van der Waals surface area contributed by atoms with Crippen molar-refractivity contribution in [3.63, 3.8) is 0 Å². The van der Waals surface area contributed by atoms with Gasteiger partial charge in [-0.25, -0.2) is 0 Å². The largest absolute Gasteiger partial charge is 0.321 e. The summed E-state index contributed by atoms with van der Waals surface area (Å²) in [7, 11) is 0. The van der Waals surface area contributed by atoms with Crippen molar-refractivity contribution in [2.45, 2.75) is 0 Å². The molecule has 0 unspecified atom stereocenters. The first kappa shape index (κ1) is 9.72.